The van der Waals surface area contributed by atoms with E-state index in [-0.39, 0.29) is 11.5 Å². The predicted octanol–water partition coefficient (Wildman–Crippen LogP) is 1.36. The van der Waals surface area contributed by atoms with Crippen LogP contribution in [0.4, 0.5) is 0 Å². The molecule has 0 atom stereocenters. The number of furan rings is 1. The van der Waals surface area contributed by atoms with Gasteiger partial charge in [-0.25, -0.2) is 9.78 Å². The summed E-state index contributed by atoms with van der Waals surface area (Å²) in [5, 5.41) is 13.8. The SMILES string of the molecule is O=C(O)c1ccc(C(=O)NCc2nccs2)o1. The predicted molar refractivity (Wildman–Crippen MR) is 59.0 cm³/mol. The number of nitrogens with zero attached hydrogens (tertiary/aromatic N) is 1. The molecule has 1 amide bonds. The van der Waals surface area contributed by atoms with E-state index in [9.17, 15) is 9.59 Å². The molecular weight excluding hydrogens is 244 g/mol. The summed E-state index contributed by atoms with van der Waals surface area (Å²) in [6.45, 7) is 0.291. The first kappa shape index (κ1) is 11.3. The molecule has 0 bridgehead atoms. The fourth-order valence-corrected chi connectivity index (χ4v) is 1.71. The molecule has 0 spiro atoms. The van der Waals surface area contributed by atoms with Gasteiger partial charge < -0.3 is 14.8 Å². The van der Waals surface area contributed by atoms with Gasteiger partial charge in [0.25, 0.3) is 5.91 Å². The number of carbonyl (C=O) groups is 2. The minimum Gasteiger partial charge on any atom is -0.475 e. The average Bonchev–Trinajstić information content (AvgIpc) is 2.96. The molecule has 2 rings (SSSR count). The van der Waals surface area contributed by atoms with E-state index in [1.54, 1.807) is 11.6 Å². The van der Waals surface area contributed by atoms with E-state index in [2.05, 4.69) is 10.3 Å². The van der Waals surface area contributed by atoms with Gasteiger partial charge in [-0.15, -0.1) is 11.3 Å². The summed E-state index contributed by atoms with van der Waals surface area (Å²) in [6, 6.07) is 2.56. The largest absolute Gasteiger partial charge is 0.475 e. The van der Waals surface area contributed by atoms with Gasteiger partial charge in [0, 0.05) is 11.6 Å². The molecule has 0 aromatic carbocycles. The van der Waals surface area contributed by atoms with Crippen LogP contribution in [0.2, 0.25) is 0 Å². The Kier molecular flexibility index (Phi) is 3.20. The maximum absolute atomic E-state index is 11.6. The molecule has 6 nitrogen and oxygen atoms in total. The molecule has 0 saturated carbocycles. The van der Waals surface area contributed by atoms with Gasteiger partial charge in [0.1, 0.15) is 5.01 Å². The second-order valence-corrected chi connectivity index (χ2v) is 4.06. The highest BCUT2D eigenvalue weighted by molar-refractivity contribution is 7.09. The van der Waals surface area contributed by atoms with E-state index in [1.165, 1.54) is 23.5 Å². The molecule has 7 heteroatoms. The van der Waals surface area contributed by atoms with Crippen molar-refractivity contribution in [2.75, 3.05) is 0 Å². The van der Waals surface area contributed by atoms with Crippen LogP contribution in [0.1, 0.15) is 26.1 Å². The first-order valence-electron chi connectivity index (χ1n) is 4.66. The number of hydrogen-bond donors (Lipinski definition) is 2. The first-order chi connectivity index (χ1) is 8.16. The number of aromatic carboxylic acids is 1. The molecule has 2 aromatic rings. The van der Waals surface area contributed by atoms with Crippen LogP contribution in [0.3, 0.4) is 0 Å². The van der Waals surface area contributed by atoms with Crippen molar-refractivity contribution in [2.45, 2.75) is 6.54 Å². The highest BCUT2D eigenvalue weighted by Crippen LogP contribution is 2.08. The van der Waals surface area contributed by atoms with E-state index in [0.29, 0.717) is 6.54 Å². The van der Waals surface area contributed by atoms with Gasteiger partial charge >= 0.3 is 5.97 Å². The number of rotatable bonds is 4. The molecule has 88 valence electrons. The van der Waals surface area contributed by atoms with Gasteiger partial charge in [0.15, 0.2) is 5.76 Å². The molecule has 0 saturated heterocycles. The van der Waals surface area contributed by atoms with Crippen molar-refractivity contribution in [3.05, 3.63) is 40.2 Å². The van der Waals surface area contributed by atoms with Crippen molar-refractivity contribution in [1.29, 1.82) is 0 Å². The van der Waals surface area contributed by atoms with Gasteiger partial charge in [0.2, 0.25) is 5.76 Å². The Morgan fingerprint density at radius 3 is 2.76 bits per heavy atom. The topological polar surface area (TPSA) is 92.4 Å². The van der Waals surface area contributed by atoms with Crippen LogP contribution in [0.15, 0.2) is 28.1 Å². The third-order valence-corrected chi connectivity index (χ3v) is 2.70. The van der Waals surface area contributed by atoms with Crippen LogP contribution < -0.4 is 5.32 Å². The Bertz CT molecular complexity index is 532. The summed E-state index contributed by atoms with van der Waals surface area (Å²) in [4.78, 5) is 26.1. The molecule has 17 heavy (non-hydrogen) atoms. The van der Waals surface area contributed by atoms with Gasteiger partial charge in [-0.2, -0.15) is 0 Å². The van der Waals surface area contributed by atoms with E-state index < -0.39 is 11.9 Å². The minimum absolute atomic E-state index is 0.0287. The fourth-order valence-electron chi connectivity index (χ4n) is 1.16. The summed E-state index contributed by atoms with van der Waals surface area (Å²) in [5.41, 5.74) is 0. The Balaban J connectivity index is 1.97. The van der Waals surface area contributed by atoms with Crippen molar-refractivity contribution in [2.24, 2.45) is 0 Å². The zero-order valence-electron chi connectivity index (χ0n) is 8.54. The molecule has 2 N–H and O–H groups in total. The molecule has 0 radical (unpaired) electrons. The number of hydrogen-bond acceptors (Lipinski definition) is 5. The van der Waals surface area contributed by atoms with Crippen LogP contribution in [-0.2, 0) is 6.54 Å². The van der Waals surface area contributed by atoms with E-state index in [1.807, 2.05) is 0 Å². The lowest BCUT2D eigenvalue weighted by atomic mass is 10.4. The number of carboxylic acid groups (broad SMARTS) is 1. The minimum atomic E-state index is -1.20. The van der Waals surface area contributed by atoms with Gasteiger partial charge in [-0.3, -0.25) is 4.79 Å². The van der Waals surface area contributed by atoms with Crippen LogP contribution in [0.25, 0.3) is 0 Å². The molecule has 2 heterocycles. The summed E-state index contributed by atoms with van der Waals surface area (Å²) < 4.78 is 4.85. The molecule has 0 aliphatic rings. The van der Waals surface area contributed by atoms with Crippen molar-refractivity contribution in [1.82, 2.24) is 10.3 Å². The van der Waals surface area contributed by atoms with Crippen LogP contribution >= 0.6 is 11.3 Å². The summed E-state index contributed by atoms with van der Waals surface area (Å²) in [7, 11) is 0. The lowest BCUT2D eigenvalue weighted by Gasteiger charge is -1.99. The van der Waals surface area contributed by atoms with Crippen molar-refractivity contribution >= 4 is 23.2 Å². The van der Waals surface area contributed by atoms with Crippen molar-refractivity contribution < 1.29 is 19.1 Å². The smallest absolute Gasteiger partial charge is 0.371 e. The fraction of sp³-hybridized carbons (Fsp3) is 0.100. The van der Waals surface area contributed by atoms with Crippen molar-refractivity contribution in [3.8, 4) is 0 Å². The summed E-state index contributed by atoms with van der Waals surface area (Å²) in [5.74, 6) is -1.96. The molecule has 0 unspecified atom stereocenters. The molecule has 2 aromatic heterocycles. The standard InChI is InChI=1S/C10H8N2O4S/c13-9(12-5-8-11-3-4-17-8)6-1-2-7(16-6)10(14)15/h1-4H,5H2,(H,12,13)(H,14,15). The molecular formula is C10H8N2O4S. The normalized spacial score (nSPS) is 10.1. The Morgan fingerprint density at radius 1 is 1.41 bits per heavy atom. The molecule has 0 aliphatic heterocycles. The first-order valence-corrected chi connectivity index (χ1v) is 5.54. The van der Waals surface area contributed by atoms with Crippen LogP contribution in [-0.4, -0.2) is 22.0 Å². The highest BCUT2D eigenvalue weighted by atomic mass is 32.1. The summed E-state index contributed by atoms with van der Waals surface area (Å²) >= 11 is 1.42. The lowest BCUT2D eigenvalue weighted by Crippen LogP contribution is -2.22. The number of carboxylic acids is 1. The van der Waals surface area contributed by atoms with Crippen molar-refractivity contribution in [3.63, 3.8) is 0 Å². The second kappa shape index (κ2) is 4.79. The van der Waals surface area contributed by atoms with Gasteiger partial charge in [0.05, 0.1) is 6.54 Å². The van der Waals surface area contributed by atoms with Gasteiger partial charge in [-0.05, 0) is 12.1 Å². The number of amides is 1. The number of thiazole rings is 1. The average molecular weight is 252 g/mol. The monoisotopic (exact) mass is 252 g/mol. The summed E-state index contributed by atoms with van der Waals surface area (Å²) in [6.07, 6.45) is 1.64. The van der Waals surface area contributed by atoms with Gasteiger partial charge in [-0.1, -0.05) is 0 Å². The molecule has 0 aliphatic carbocycles. The Labute approximate surface area is 99.9 Å². The molecule has 0 fully saturated rings. The van der Waals surface area contributed by atoms with E-state index >= 15 is 0 Å². The lowest BCUT2D eigenvalue weighted by molar-refractivity contribution is 0.0659. The zero-order valence-corrected chi connectivity index (χ0v) is 9.36. The maximum Gasteiger partial charge on any atom is 0.371 e. The zero-order chi connectivity index (χ0) is 12.3. The third-order valence-electron chi connectivity index (χ3n) is 1.92. The van der Waals surface area contributed by atoms with E-state index in [4.69, 9.17) is 9.52 Å². The van der Waals surface area contributed by atoms with E-state index in [0.717, 1.165) is 5.01 Å². The second-order valence-electron chi connectivity index (χ2n) is 3.08. The third kappa shape index (κ3) is 2.70. The quantitative estimate of drug-likeness (QED) is 0.857. The Hall–Kier alpha value is -2.15. The number of aromatic nitrogens is 1. The number of carbonyl (C=O) groups excluding carboxylic acids is 1. The Morgan fingerprint density at radius 2 is 2.18 bits per heavy atom. The van der Waals surface area contributed by atoms with Crippen LogP contribution in [0.5, 0.6) is 0 Å². The number of nitrogens with one attached hydrogen (secondary N) is 1. The highest BCUT2D eigenvalue weighted by Gasteiger charge is 2.14. The maximum atomic E-state index is 11.6. The van der Waals surface area contributed by atoms with Crippen LogP contribution in [0, 0.1) is 0 Å².